The van der Waals surface area contributed by atoms with Crippen LogP contribution in [0.25, 0.3) is 0 Å². The van der Waals surface area contributed by atoms with Crippen LogP contribution in [0.1, 0.15) is 67.2 Å². The zero-order chi connectivity index (χ0) is 17.4. The quantitative estimate of drug-likeness (QED) is 0.828. The number of carbonyl (C=O) groups is 2. The summed E-state index contributed by atoms with van der Waals surface area (Å²) in [6.45, 7) is 10.8. The maximum absolute atomic E-state index is 11.7. The van der Waals surface area contributed by atoms with E-state index < -0.39 is 34.3 Å². The van der Waals surface area contributed by atoms with Gasteiger partial charge in [0.05, 0.1) is 11.2 Å². The SMILES string of the molecule is CC(C)(C)OC1(C(=O)O)CCC(OC(C)(C)C)(C(=O)O)CC1. The van der Waals surface area contributed by atoms with Gasteiger partial charge in [0.25, 0.3) is 0 Å². The second-order valence-electron chi connectivity index (χ2n) is 8.03. The van der Waals surface area contributed by atoms with Crippen molar-refractivity contribution in [2.45, 2.75) is 89.6 Å². The summed E-state index contributed by atoms with van der Waals surface area (Å²) in [7, 11) is 0. The van der Waals surface area contributed by atoms with E-state index in [1.807, 2.05) is 0 Å². The summed E-state index contributed by atoms with van der Waals surface area (Å²) >= 11 is 0. The fraction of sp³-hybridized carbons (Fsp3) is 0.875. The number of carboxylic acids is 2. The molecule has 0 aliphatic heterocycles. The lowest BCUT2D eigenvalue weighted by molar-refractivity contribution is -0.222. The predicted octanol–water partition coefficient (Wildman–Crippen LogP) is 2.84. The Bertz CT molecular complexity index is 391. The monoisotopic (exact) mass is 316 g/mol. The molecule has 0 atom stereocenters. The molecule has 0 aromatic rings. The van der Waals surface area contributed by atoms with E-state index >= 15 is 0 Å². The number of hydrogen-bond donors (Lipinski definition) is 2. The highest BCUT2D eigenvalue weighted by Crippen LogP contribution is 2.43. The standard InChI is InChI=1S/C16H28O6/c1-13(2,3)21-15(11(17)18)7-9-16(10-8-15,12(19)20)22-14(4,5)6/h7-10H2,1-6H3,(H,17,18)(H,19,20). The van der Waals surface area contributed by atoms with Gasteiger partial charge in [0.2, 0.25) is 0 Å². The molecule has 0 spiro atoms. The molecule has 1 fully saturated rings. The molecule has 0 aromatic heterocycles. The van der Waals surface area contributed by atoms with Crippen LogP contribution in [0.3, 0.4) is 0 Å². The Morgan fingerprint density at radius 1 is 0.727 bits per heavy atom. The first-order chi connectivity index (χ1) is 9.72. The average molecular weight is 316 g/mol. The van der Waals surface area contributed by atoms with Gasteiger partial charge in [0.15, 0.2) is 11.2 Å². The molecule has 0 unspecified atom stereocenters. The summed E-state index contributed by atoms with van der Waals surface area (Å²) in [6, 6.07) is 0. The first-order valence-corrected chi connectivity index (χ1v) is 7.59. The number of ether oxygens (including phenoxy) is 2. The molecule has 1 aliphatic rings. The van der Waals surface area contributed by atoms with Crippen molar-refractivity contribution in [1.82, 2.24) is 0 Å². The minimum Gasteiger partial charge on any atom is -0.479 e. The molecular weight excluding hydrogens is 288 g/mol. The fourth-order valence-corrected chi connectivity index (χ4v) is 2.95. The summed E-state index contributed by atoms with van der Waals surface area (Å²) in [5, 5.41) is 19.2. The highest BCUT2D eigenvalue weighted by atomic mass is 16.6. The van der Waals surface area contributed by atoms with Crippen molar-refractivity contribution >= 4 is 11.9 Å². The van der Waals surface area contributed by atoms with E-state index in [-0.39, 0.29) is 25.7 Å². The van der Waals surface area contributed by atoms with E-state index in [0.717, 1.165) is 0 Å². The van der Waals surface area contributed by atoms with Crippen LogP contribution in [0.15, 0.2) is 0 Å². The lowest BCUT2D eigenvalue weighted by Crippen LogP contribution is -2.57. The van der Waals surface area contributed by atoms with Gasteiger partial charge in [-0.25, -0.2) is 9.59 Å². The second kappa shape index (κ2) is 5.81. The third kappa shape index (κ3) is 4.43. The largest absolute Gasteiger partial charge is 0.479 e. The van der Waals surface area contributed by atoms with Gasteiger partial charge in [-0.05, 0) is 67.2 Å². The Morgan fingerprint density at radius 3 is 1.09 bits per heavy atom. The van der Waals surface area contributed by atoms with Crippen LogP contribution in [-0.4, -0.2) is 44.6 Å². The first-order valence-electron chi connectivity index (χ1n) is 7.59. The molecule has 0 bridgehead atoms. The highest BCUT2D eigenvalue weighted by Gasteiger charge is 2.54. The van der Waals surface area contributed by atoms with Crippen molar-refractivity contribution in [3.63, 3.8) is 0 Å². The zero-order valence-corrected chi connectivity index (χ0v) is 14.4. The van der Waals surface area contributed by atoms with Gasteiger partial charge in [-0.2, -0.15) is 0 Å². The number of carboxylic acid groups (broad SMARTS) is 2. The zero-order valence-electron chi connectivity index (χ0n) is 14.4. The van der Waals surface area contributed by atoms with Crippen molar-refractivity contribution in [1.29, 1.82) is 0 Å². The van der Waals surface area contributed by atoms with Crippen LogP contribution in [0.4, 0.5) is 0 Å². The molecule has 0 radical (unpaired) electrons. The summed E-state index contributed by atoms with van der Waals surface area (Å²) < 4.78 is 11.6. The van der Waals surface area contributed by atoms with Gasteiger partial charge in [-0.15, -0.1) is 0 Å². The Hall–Kier alpha value is -1.14. The Morgan fingerprint density at radius 2 is 0.955 bits per heavy atom. The average Bonchev–Trinajstić information content (AvgIpc) is 2.27. The van der Waals surface area contributed by atoms with Crippen molar-refractivity contribution in [2.75, 3.05) is 0 Å². The minimum atomic E-state index is -1.35. The minimum absolute atomic E-state index is 0.113. The lowest BCUT2D eigenvalue weighted by Gasteiger charge is -2.46. The molecule has 0 amide bonds. The summed E-state index contributed by atoms with van der Waals surface area (Å²) in [4.78, 5) is 23.4. The maximum atomic E-state index is 11.7. The molecule has 0 heterocycles. The predicted molar refractivity (Wildman–Crippen MR) is 80.9 cm³/mol. The molecule has 0 aromatic carbocycles. The first kappa shape index (κ1) is 18.9. The Balaban J connectivity index is 3.01. The normalized spacial score (nSPS) is 30.1. The summed E-state index contributed by atoms with van der Waals surface area (Å²) in [5.41, 5.74) is -3.93. The number of aliphatic carboxylic acids is 2. The Labute approximate surface area is 131 Å². The van der Waals surface area contributed by atoms with Crippen molar-refractivity contribution < 1.29 is 29.3 Å². The third-order valence-corrected chi connectivity index (χ3v) is 3.65. The highest BCUT2D eigenvalue weighted by molar-refractivity contribution is 5.81. The molecule has 1 aliphatic carbocycles. The van der Waals surface area contributed by atoms with Crippen LogP contribution < -0.4 is 0 Å². The summed E-state index contributed by atoms with van der Waals surface area (Å²) in [6.07, 6.45) is 0.452. The van der Waals surface area contributed by atoms with E-state index in [0.29, 0.717) is 0 Å². The van der Waals surface area contributed by atoms with Crippen LogP contribution in [-0.2, 0) is 19.1 Å². The van der Waals surface area contributed by atoms with Gasteiger partial charge in [0, 0.05) is 0 Å². The van der Waals surface area contributed by atoms with Gasteiger partial charge in [-0.3, -0.25) is 0 Å². The second-order valence-corrected chi connectivity index (χ2v) is 8.03. The molecule has 128 valence electrons. The van der Waals surface area contributed by atoms with Crippen molar-refractivity contribution in [2.24, 2.45) is 0 Å². The van der Waals surface area contributed by atoms with E-state index in [4.69, 9.17) is 9.47 Å². The van der Waals surface area contributed by atoms with Gasteiger partial charge < -0.3 is 19.7 Å². The van der Waals surface area contributed by atoms with Crippen molar-refractivity contribution in [3.8, 4) is 0 Å². The van der Waals surface area contributed by atoms with Crippen LogP contribution in [0.5, 0.6) is 0 Å². The van der Waals surface area contributed by atoms with E-state index in [2.05, 4.69) is 0 Å². The molecular formula is C16H28O6. The Kier molecular flexibility index (Phi) is 5.00. The van der Waals surface area contributed by atoms with Crippen LogP contribution in [0.2, 0.25) is 0 Å². The smallest absolute Gasteiger partial charge is 0.335 e. The van der Waals surface area contributed by atoms with Crippen LogP contribution in [0, 0.1) is 0 Å². The number of hydrogen-bond acceptors (Lipinski definition) is 4. The lowest BCUT2D eigenvalue weighted by atomic mass is 9.75. The van der Waals surface area contributed by atoms with Gasteiger partial charge >= 0.3 is 11.9 Å². The maximum Gasteiger partial charge on any atom is 0.335 e. The molecule has 22 heavy (non-hydrogen) atoms. The van der Waals surface area contributed by atoms with Crippen LogP contribution >= 0.6 is 0 Å². The fourth-order valence-electron chi connectivity index (χ4n) is 2.95. The molecule has 2 N–H and O–H groups in total. The third-order valence-electron chi connectivity index (χ3n) is 3.65. The summed E-state index contributed by atoms with van der Waals surface area (Å²) in [5.74, 6) is -2.09. The molecule has 0 saturated heterocycles. The molecule has 6 nitrogen and oxygen atoms in total. The number of rotatable bonds is 4. The van der Waals surface area contributed by atoms with E-state index in [9.17, 15) is 19.8 Å². The molecule has 6 heteroatoms. The molecule has 1 rings (SSSR count). The van der Waals surface area contributed by atoms with Crippen molar-refractivity contribution in [3.05, 3.63) is 0 Å². The van der Waals surface area contributed by atoms with E-state index in [1.165, 1.54) is 0 Å². The molecule has 1 saturated carbocycles. The van der Waals surface area contributed by atoms with Gasteiger partial charge in [0.1, 0.15) is 0 Å². The van der Waals surface area contributed by atoms with E-state index in [1.54, 1.807) is 41.5 Å². The topological polar surface area (TPSA) is 93.1 Å². The van der Waals surface area contributed by atoms with Gasteiger partial charge in [-0.1, -0.05) is 0 Å².